The van der Waals surface area contributed by atoms with Gasteiger partial charge in [-0.15, -0.1) is 0 Å². The summed E-state index contributed by atoms with van der Waals surface area (Å²) in [6, 6.07) is 3.60. The van der Waals surface area contributed by atoms with Crippen LogP contribution in [-0.2, 0) is 6.42 Å². The summed E-state index contributed by atoms with van der Waals surface area (Å²) in [5.74, 6) is 0. The van der Waals surface area contributed by atoms with Crippen LogP contribution < -0.4 is 5.32 Å². The van der Waals surface area contributed by atoms with Crippen LogP contribution in [0.4, 0.5) is 13.2 Å². The third-order valence-electron chi connectivity index (χ3n) is 2.81. The second-order valence-electron chi connectivity index (χ2n) is 3.82. The van der Waals surface area contributed by atoms with Gasteiger partial charge in [0.15, 0.2) is 0 Å². The van der Waals surface area contributed by atoms with E-state index in [1.807, 2.05) is 13.0 Å². The fourth-order valence-corrected chi connectivity index (χ4v) is 2.08. The minimum Gasteiger partial charge on any atom is -0.302 e. The summed E-state index contributed by atoms with van der Waals surface area (Å²) in [4.78, 5) is 0. The third-order valence-corrected chi connectivity index (χ3v) is 2.81. The summed E-state index contributed by atoms with van der Waals surface area (Å²) in [7, 11) is 0. The van der Waals surface area contributed by atoms with Gasteiger partial charge in [-0.1, -0.05) is 18.2 Å². The first-order chi connectivity index (χ1) is 7.00. The number of nitrogens with one attached hydrogen (secondary N) is 1. The largest absolute Gasteiger partial charge is 0.407 e. The number of hydrogen-bond donors (Lipinski definition) is 1. The van der Waals surface area contributed by atoms with E-state index in [1.165, 1.54) is 0 Å². The molecule has 1 heterocycles. The van der Waals surface area contributed by atoms with Crippen molar-refractivity contribution < 1.29 is 13.2 Å². The lowest BCUT2D eigenvalue weighted by atomic mass is 9.91. The van der Waals surface area contributed by atoms with Crippen LogP contribution in [0.2, 0.25) is 0 Å². The molecule has 1 aromatic carbocycles. The van der Waals surface area contributed by atoms with Gasteiger partial charge in [-0.25, -0.2) is 0 Å². The van der Waals surface area contributed by atoms with E-state index in [-0.39, 0.29) is 0 Å². The van der Waals surface area contributed by atoms with Crippen molar-refractivity contribution in [3.63, 3.8) is 0 Å². The first-order valence-corrected chi connectivity index (χ1v) is 4.88. The highest BCUT2D eigenvalue weighted by Gasteiger charge is 2.42. The number of halogens is 3. The predicted molar refractivity (Wildman–Crippen MR) is 51.7 cm³/mol. The van der Waals surface area contributed by atoms with Crippen LogP contribution in [0.3, 0.4) is 0 Å². The van der Waals surface area contributed by atoms with E-state index in [1.54, 1.807) is 12.1 Å². The molecule has 0 aromatic heterocycles. The summed E-state index contributed by atoms with van der Waals surface area (Å²) in [6.45, 7) is 2.25. The molecule has 1 atom stereocenters. The molecule has 15 heavy (non-hydrogen) atoms. The molecule has 0 spiro atoms. The van der Waals surface area contributed by atoms with Gasteiger partial charge in [0.05, 0.1) is 0 Å². The van der Waals surface area contributed by atoms with E-state index in [4.69, 9.17) is 0 Å². The van der Waals surface area contributed by atoms with Gasteiger partial charge in [0.25, 0.3) is 0 Å². The van der Waals surface area contributed by atoms with E-state index in [2.05, 4.69) is 5.32 Å². The first-order valence-electron chi connectivity index (χ1n) is 4.88. The SMILES string of the molecule is Cc1cccc2c1CCNC2C(F)(F)F. The topological polar surface area (TPSA) is 12.0 Å². The average molecular weight is 215 g/mol. The third kappa shape index (κ3) is 1.86. The fourth-order valence-electron chi connectivity index (χ4n) is 2.08. The molecule has 1 aliphatic rings. The molecule has 0 radical (unpaired) electrons. The summed E-state index contributed by atoms with van der Waals surface area (Å²) >= 11 is 0. The molecule has 1 aromatic rings. The number of benzene rings is 1. The maximum atomic E-state index is 12.7. The molecular formula is C11H12F3N. The zero-order valence-electron chi connectivity index (χ0n) is 8.36. The molecule has 0 bridgehead atoms. The molecule has 1 unspecified atom stereocenters. The molecule has 1 nitrogen and oxygen atoms in total. The number of aryl methyl sites for hydroxylation is 1. The second kappa shape index (κ2) is 3.52. The summed E-state index contributed by atoms with van der Waals surface area (Å²) in [5, 5.41) is 2.52. The molecule has 2 rings (SSSR count). The molecule has 0 aliphatic carbocycles. The monoisotopic (exact) mass is 215 g/mol. The highest BCUT2D eigenvalue weighted by Crippen LogP contribution is 2.37. The van der Waals surface area contributed by atoms with Gasteiger partial charge in [-0.2, -0.15) is 13.2 Å². The molecule has 1 N–H and O–H groups in total. The molecule has 82 valence electrons. The van der Waals surface area contributed by atoms with Crippen LogP contribution in [0.25, 0.3) is 0 Å². The summed E-state index contributed by atoms with van der Waals surface area (Å²) < 4.78 is 38.1. The molecular weight excluding hydrogens is 203 g/mol. The van der Waals surface area contributed by atoms with Crippen LogP contribution in [0, 0.1) is 6.92 Å². The van der Waals surface area contributed by atoms with Crippen molar-refractivity contribution >= 4 is 0 Å². The zero-order valence-corrected chi connectivity index (χ0v) is 8.36. The van der Waals surface area contributed by atoms with Crippen molar-refractivity contribution in [2.24, 2.45) is 0 Å². The van der Waals surface area contributed by atoms with Crippen LogP contribution in [0.1, 0.15) is 22.7 Å². The Bertz CT molecular complexity index is 371. The van der Waals surface area contributed by atoms with E-state index >= 15 is 0 Å². The van der Waals surface area contributed by atoms with E-state index in [9.17, 15) is 13.2 Å². The Morgan fingerprint density at radius 3 is 2.73 bits per heavy atom. The Balaban J connectivity index is 2.48. The summed E-state index contributed by atoms with van der Waals surface area (Å²) in [5.41, 5.74) is 2.18. The van der Waals surface area contributed by atoms with Crippen LogP contribution in [-0.4, -0.2) is 12.7 Å². The Morgan fingerprint density at radius 1 is 1.33 bits per heavy atom. The highest BCUT2D eigenvalue weighted by molar-refractivity contribution is 5.39. The number of alkyl halides is 3. The van der Waals surface area contributed by atoms with Crippen molar-refractivity contribution in [3.8, 4) is 0 Å². The van der Waals surface area contributed by atoms with Crippen molar-refractivity contribution in [2.75, 3.05) is 6.54 Å². The lowest BCUT2D eigenvalue weighted by Crippen LogP contribution is -2.39. The standard InChI is InChI=1S/C11H12F3N/c1-7-3-2-4-9-8(7)5-6-15-10(9)11(12,13)14/h2-4,10,15H,5-6H2,1H3. The Labute approximate surface area is 86.3 Å². The second-order valence-corrected chi connectivity index (χ2v) is 3.82. The van der Waals surface area contributed by atoms with Crippen molar-refractivity contribution in [1.29, 1.82) is 0 Å². The maximum Gasteiger partial charge on any atom is 0.407 e. The van der Waals surface area contributed by atoms with Crippen molar-refractivity contribution in [3.05, 3.63) is 34.9 Å². The lowest BCUT2D eigenvalue weighted by molar-refractivity contribution is -0.158. The molecule has 4 heteroatoms. The molecule has 0 fully saturated rings. The van der Waals surface area contributed by atoms with Gasteiger partial charge >= 0.3 is 6.18 Å². The van der Waals surface area contributed by atoms with Gasteiger partial charge < -0.3 is 5.32 Å². The van der Waals surface area contributed by atoms with E-state index in [0.29, 0.717) is 18.5 Å². The quantitative estimate of drug-likeness (QED) is 0.701. The van der Waals surface area contributed by atoms with Crippen LogP contribution in [0.5, 0.6) is 0 Å². The minimum absolute atomic E-state index is 0.383. The van der Waals surface area contributed by atoms with Gasteiger partial charge in [-0.05, 0) is 30.0 Å². The smallest absolute Gasteiger partial charge is 0.302 e. The average Bonchev–Trinajstić information content (AvgIpc) is 2.16. The lowest BCUT2D eigenvalue weighted by Gasteiger charge is -2.29. The first kappa shape index (κ1) is 10.5. The van der Waals surface area contributed by atoms with Gasteiger partial charge in [-0.3, -0.25) is 0 Å². The molecule has 0 saturated carbocycles. The Kier molecular flexibility index (Phi) is 2.46. The minimum atomic E-state index is -4.21. The molecule has 1 aliphatic heterocycles. The van der Waals surface area contributed by atoms with E-state index < -0.39 is 12.2 Å². The van der Waals surface area contributed by atoms with Crippen LogP contribution >= 0.6 is 0 Å². The van der Waals surface area contributed by atoms with Crippen LogP contribution in [0.15, 0.2) is 18.2 Å². The predicted octanol–water partition coefficient (Wildman–Crippen LogP) is 2.74. The zero-order chi connectivity index (χ0) is 11.1. The highest BCUT2D eigenvalue weighted by atomic mass is 19.4. The fraction of sp³-hybridized carbons (Fsp3) is 0.455. The summed E-state index contributed by atoms with van der Waals surface area (Å²) in [6.07, 6.45) is -3.53. The Morgan fingerprint density at radius 2 is 2.07 bits per heavy atom. The number of fused-ring (bicyclic) bond motifs is 1. The van der Waals surface area contributed by atoms with Gasteiger partial charge in [0.2, 0.25) is 0 Å². The van der Waals surface area contributed by atoms with Gasteiger partial charge in [0, 0.05) is 6.54 Å². The van der Waals surface area contributed by atoms with Crippen molar-refractivity contribution in [2.45, 2.75) is 25.6 Å². The Hall–Kier alpha value is -1.03. The molecule has 0 saturated heterocycles. The normalized spacial score (nSPS) is 21.2. The number of hydrogen-bond acceptors (Lipinski definition) is 1. The maximum absolute atomic E-state index is 12.7. The van der Waals surface area contributed by atoms with Crippen molar-refractivity contribution in [1.82, 2.24) is 5.32 Å². The molecule has 0 amide bonds. The van der Waals surface area contributed by atoms with E-state index in [0.717, 1.165) is 11.1 Å². The van der Waals surface area contributed by atoms with Gasteiger partial charge in [0.1, 0.15) is 6.04 Å². The number of rotatable bonds is 0.